The SMILES string of the molecule is COC(=O)c1ccc(/C=N\NC(=O)COc2ccc(C)cc2)cc1. The minimum atomic E-state index is -0.403. The summed E-state index contributed by atoms with van der Waals surface area (Å²) in [5, 5.41) is 3.84. The molecule has 2 aromatic carbocycles. The summed E-state index contributed by atoms with van der Waals surface area (Å²) < 4.78 is 9.96. The number of amides is 1. The molecule has 1 amide bonds. The maximum atomic E-state index is 11.6. The zero-order valence-electron chi connectivity index (χ0n) is 13.5. The largest absolute Gasteiger partial charge is 0.484 e. The Bertz CT molecular complexity index is 722. The molecule has 2 rings (SSSR count). The smallest absolute Gasteiger partial charge is 0.337 e. The molecule has 0 radical (unpaired) electrons. The highest BCUT2D eigenvalue weighted by Gasteiger charge is 2.04. The molecule has 0 spiro atoms. The molecule has 0 saturated heterocycles. The van der Waals surface area contributed by atoms with Crippen molar-refractivity contribution >= 4 is 18.1 Å². The maximum absolute atomic E-state index is 11.6. The molecule has 0 unspecified atom stereocenters. The highest BCUT2D eigenvalue weighted by Crippen LogP contribution is 2.10. The van der Waals surface area contributed by atoms with E-state index in [2.05, 4.69) is 15.3 Å². The van der Waals surface area contributed by atoms with Gasteiger partial charge in [-0.2, -0.15) is 5.10 Å². The predicted octanol–water partition coefficient (Wildman–Crippen LogP) is 2.31. The van der Waals surface area contributed by atoms with Crippen molar-refractivity contribution in [2.24, 2.45) is 5.10 Å². The second-order valence-electron chi connectivity index (χ2n) is 5.01. The third-order valence-electron chi connectivity index (χ3n) is 3.13. The van der Waals surface area contributed by atoms with Gasteiger partial charge in [-0.1, -0.05) is 29.8 Å². The van der Waals surface area contributed by atoms with Gasteiger partial charge in [-0.25, -0.2) is 10.2 Å². The van der Waals surface area contributed by atoms with Gasteiger partial charge < -0.3 is 9.47 Å². The van der Waals surface area contributed by atoms with E-state index in [0.29, 0.717) is 11.3 Å². The van der Waals surface area contributed by atoms with Crippen LogP contribution in [0.4, 0.5) is 0 Å². The number of nitrogens with one attached hydrogen (secondary N) is 1. The van der Waals surface area contributed by atoms with Crippen LogP contribution in [-0.4, -0.2) is 31.8 Å². The Kier molecular flexibility index (Phi) is 6.08. The topological polar surface area (TPSA) is 77.0 Å². The van der Waals surface area contributed by atoms with Crippen molar-refractivity contribution in [2.75, 3.05) is 13.7 Å². The third kappa shape index (κ3) is 5.24. The molecule has 0 aliphatic heterocycles. The number of carbonyl (C=O) groups is 2. The summed E-state index contributed by atoms with van der Waals surface area (Å²) in [4.78, 5) is 23.0. The molecule has 0 aromatic heterocycles. The minimum absolute atomic E-state index is 0.123. The summed E-state index contributed by atoms with van der Waals surface area (Å²) in [6, 6.07) is 14.1. The number of methoxy groups -OCH3 is 1. The van der Waals surface area contributed by atoms with E-state index in [9.17, 15) is 9.59 Å². The molecule has 0 aliphatic carbocycles. The molecular formula is C18H18N2O4. The number of rotatable bonds is 6. The van der Waals surface area contributed by atoms with E-state index in [1.807, 2.05) is 19.1 Å². The number of benzene rings is 2. The Morgan fingerprint density at radius 3 is 2.38 bits per heavy atom. The number of hydrazone groups is 1. The summed E-state index contributed by atoms with van der Waals surface area (Å²) in [6.45, 7) is 1.85. The van der Waals surface area contributed by atoms with Gasteiger partial charge >= 0.3 is 5.97 Å². The van der Waals surface area contributed by atoms with Gasteiger partial charge in [0.25, 0.3) is 5.91 Å². The van der Waals surface area contributed by atoms with Crippen LogP contribution < -0.4 is 10.2 Å². The number of ether oxygens (including phenoxy) is 2. The predicted molar refractivity (Wildman–Crippen MR) is 90.2 cm³/mol. The first kappa shape index (κ1) is 17.2. The van der Waals surface area contributed by atoms with E-state index in [0.717, 1.165) is 11.1 Å². The second kappa shape index (κ2) is 8.47. The van der Waals surface area contributed by atoms with E-state index in [4.69, 9.17) is 4.74 Å². The molecule has 0 atom stereocenters. The number of esters is 1. The van der Waals surface area contributed by atoms with Gasteiger partial charge in [-0.05, 0) is 36.8 Å². The van der Waals surface area contributed by atoms with Crippen LogP contribution in [0, 0.1) is 6.92 Å². The second-order valence-corrected chi connectivity index (χ2v) is 5.01. The zero-order valence-corrected chi connectivity index (χ0v) is 13.5. The van der Waals surface area contributed by atoms with Crippen molar-refractivity contribution in [3.05, 3.63) is 65.2 Å². The molecule has 1 N–H and O–H groups in total. The quantitative estimate of drug-likeness (QED) is 0.502. The number of aryl methyl sites for hydroxylation is 1. The number of carbonyl (C=O) groups excluding carboxylic acids is 2. The Hall–Kier alpha value is -3.15. The van der Waals surface area contributed by atoms with E-state index in [1.165, 1.54) is 13.3 Å². The van der Waals surface area contributed by atoms with Crippen molar-refractivity contribution < 1.29 is 19.1 Å². The molecule has 2 aromatic rings. The summed E-state index contributed by atoms with van der Waals surface area (Å²) in [6.07, 6.45) is 1.48. The first-order valence-corrected chi connectivity index (χ1v) is 7.28. The van der Waals surface area contributed by atoms with Gasteiger partial charge in [0.05, 0.1) is 18.9 Å². The fourth-order valence-electron chi connectivity index (χ4n) is 1.82. The summed E-state index contributed by atoms with van der Waals surface area (Å²) in [7, 11) is 1.33. The van der Waals surface area contributed by atoms with Crippen molar-refractivity contribution in [2.45, 2.75) is 6.92 Å². The van der Waals surface area contributed by atoms with Crippen molar-refractivity contribution in [1.82, 2.24) is 5.43 Å². The molecule has 6 nitrogen and oxygen atoms in total. The van der Waals surface area contributed by atoms with Crippen LogP contribution in [0.3, 0.4) is 0 Å². The third-order valence-corrected chi connectivity index (χ3v) is 3.13. The fraction of sp³-hybridized carbons (Fsp3) is 0.167. The van der Waals surface area contributed by atoms with Crippen LogP contribution >= 0.6 is 0 Å². The molecule has 0 fully saturated rings. The lowest BCUT2D eigenvalue weighted by atomic mass is 10.1. The van der Waals surface area contributed by atoms with Crippen LogP contribution in [-0.2, 0) is 9.53 Å². The molecule has 0 bridgehead atoms. The lowest BCUT2D eigenvalue weighted by molar-refractivity contribution is -0.123. The molecule has 0 saturated carbocycles. The normalized spacial score (nSPS) is 10.4. The lowest BCUT2D eigenvalue weighted by Gasteiger charge is -2.05. The Balaban J connectivity index is 1.79. The van der Waals surface area contributed by atoms with Crippen molar-refractivity contribution in [3.8, 4) is 5.75 Å². The zero-order chi connectivity index (χ0) is 17.4. The van der Waals surface area contributed by atoms with Gasteiger partial charge in [0.15, 0.2) is 6.61 Å². The first-order valence-electron chi connectivity index (χ1n) is 7.28. The van der Waals surface area contributed by atoms with Gasteiger partial charge in [-0.15, -0.1) is 0 Å². The van der Waals surface area contributed by atoms with E-state index in [1.54, 1.807) is 36.4 Å². The minimum Gasteiger partial charge on any atom is -0.484 e. The molecule has 6 heteroatoms. The summed E-state index contributed by atoms with van der Waals surface area (Å²) in [5.41, 5.74) is 4.68. The van der Waals surface area contributed by atoms with Crippen LogP contribution in [0.25, 0.3) is 0 Å². The first-order chi connectivity index (χ1) is 11.6. The van der Waals surface area contributed by atoms with Gasteiger partial charge in [-0.3, -0.25) is 4.79 Å². The monoisotopic (exact) mass is 326 g/mol. The lowest BCUT2D eigenvalue weighted by Crippen LogP contribution is -2.24. The summed E-state index contributed by atoms with van der Waals surface area (Å²) >= 11 is 0. The summed E-state index contributed by atoms with van der Waals surface area (Å²) in [5.74, 6) is -0.142. The average Bonchev–Trinajstić information content (AvgIpc) is 2.61. The molecule has 124 valence electrons. The highest BCUT2D eigenvalue weighted by atomic mass is 16.5. The van der Waals surface area contributed by atoms with Gasteiger partial charge in [0, 0.05) is 0 Å². The Morgan fingerprint density at radius 2 is 1.75 bits per heavy atom. The van der Waals surface area contributed by atoms with Crippen LogP contribution in [0.15, 0.2) is 53.6 Å². The van der Waals surface area contributed by atoms with Crippen LogP contribution in [0.2, 0.25) is 0 Å². The van der Waals surface area contributed by atoms with E-state index < -0.39 is 5.97 Å². The number of nitrogens with zero attached hydrogens (tertiary/aromatic N) is 1. The fourth-order valence-corrected chi connectivity index (χ4v) is 1.82. The van der Waals surface area contributed by atoms with Crippen molar-refractivity contribution in [1.29, 1.82) is 0 Å². The molecule has 0 aliphatic rings. The maximum Gasteiger partial charge on any atom is 0.337 e. The van der Waals surface area contributed by atoms with Gasteiger partial charge in [0.2, 0.25) is 0 Å². The number of hydrogen-bond acceptors (Lipinski definition) is 5. The van der Waals surface area contributed by atoms with E-state index in [-0.39, 0.29) is 12.5 Å². The number of hydrogen-bond donors (Lipinski definition) is 1. The molecular weight excluding hydrogens is 308 g/mol. The average molecular weight is 326 g/mol. The van der Waals surface area contributed by atoms with E-state index >= 15 is 0 Å². The highest BCUT2D eigenvalue weighted by molar-refractivity contribution is 5.90. The molecule has 0 heterocycles. The Labute approximate surface area is 140 Å². The standard InChI is InChI=1S/C18H18N2O4/c1-13-3-9-16(10-4-13)24-12-17(21)20-19-11-14-5-7-15(8-6-14)18(22)23-2/h3-11H,12H2,1-2H3,(H,20,21)/b19-11-. The molecule has 24 heavy (non-hydrogen) atoms. The van der Waals surface area contributed by atoms with Crippen molar-refractivity contribution in [3.63, 3.8) is 0 Å². The van der Waals surface area contributed by atoms with Gasteiger partial charge in [0.1, 0.15) is 5.75 Å². The van der Waals surface area contributed by atoms with Crippen LogP contribution in [0.5, 0.6) is 5.75 Å². The van der Waals surface area contributed by atoms with Crippen LogP contribution in [0.1, 0.15) is 21.5 Å². The Morgan fingerprint density at radius 1 is 1.08 bits per heavy atom.